The standard InChI is InChI=1S/C13H18N4O4/c1-3-14-13(19)16(4-2)9-12(18)15-10-7-5-6-8-11(10)17(20)21/h5-8H,3-4,9H2,1-2H3,(H,14,19)(H,15,18). The second-order valence-corrected chi connectivity index (χ2v) is 4.17. The second kappa shape index (κ2) is 7.83. The summed E-state index contributed by atoms with van der Waals surface area (Å²) in [5, 5.41) is 15.9. The van der Waals surface area contributed by atoms with Crippen LogP contribution in [-0.4, -0.2) is 41.4 Å². The van der Waals surface area contributed by atoms with E-state index in [1.54, 1.807) is 19.9 Å². The van der Waals surface area contributed by atoms with E-state index in [0.717, 1.165) is 0 Å². The van der Waals surface area contributed by atoms with Crippen molar-refractivity contribution < 1.29 is 14.5 Å². The summed E-state index contributed by atoms with van der Waals surface area (Å²) in [6, 6.07) is 5.50. The average Bonchev–Trinajstić information content (AvgIpc) is 2.45. The first-order chi connectivity index (χ1) is 9.99. The zero-order valence-electron chi connectivity index (χ0n) is 12.0. The van der Waals surface area contributed by atoms with E-state index in [1.807, 2.05) is 0 Å². The van der Waals surface area contributed by atoms with Crippen LogP contribution in [0.15, 0.2) is 24.3 Å². The summed E-state index contributed by atoms with van der Waals surface area (Å²) in [6.07, 6.45) is 0. The summed E-state index contributed by atoms with van der Waals surface area (Å²) in [4.78, 5) is 35.2. The van der Waals surface area contributed by atoms with Crippen molar-refractivity contribution in [3.05, 3.63) is 34.4 Å². The molecule has 0 aliphatic carbocycles. The molecule has 8 heteroatoms. The van der Waals surface area contributed by atoms with Gasteiger partial charge in [-0.25, -0.2) is 4.79 Å². The highest BCUT2D eigenvalue weighted by Gasteiger charge is 2.18. The van der Waals surface area contributed by atoms with E-state index >= 15 is 0 Å². The highest BCUT2D eigenvalue weighted by molar-refractivity contribution is 5.96. The Morgan fingerprint density at radius 3 is 2.52 bits per heavy atom. The predicted octanol–water partition coefficient (Wildman–Crippen LogP) is 1.58. The van der Waals surface area contributed by atoms with Gasteiger partial charge >= 0.3 is 6.03 Å². The van der Waals surface area contributed by atoms with E-state index in [4.69, 9.17) is 0 Å². The lowest BCUT2D eigenvalue weighted by molar-refractivity contribution is -0.383. The van der Waals surface area contributed by atoms with E-state index in [0.29, 0.717) is 13.1 Å². The summed E-state index contributed by atoms with van der Waals surface area (Å²) >= 11 is 0. The molecule has 0 fully saturated rings. The lowest BCUT2D eigenvalue weighted by Gasteiger charge is -2.20. The van der Waals surface area contributed by atoms with E-state index in [1.165, 1.54) is 23.1 Å². The highest BCUT2D eigenvalue weighted by Crippen LogP contribution is 2.22. The van der Waals surface area contributed by atoms with Crippen LogP contribution >= 0.6 is 0 Å². The van der Waals surface area contributed by atoms with Crippen LogP contribution in [0, 0.1) is 10.1 Å². The molecular formula is C13H18N4O4. The third-order valence-electron chi connectivity index (χ3n) is 2.71. The fourth-order valence-corrected chi connectivity index (χ4v) is 1.69. The number of nitrogens with one attached hydrogen (secondary N) is 2. The average molecular weight is 294 g/mol. The molecule has 0 aromatic heterocycles. The number of anilines is 1. The molecule has 1 rings (SSSR count). The molecule has 0 bridgehead atoms. The van der Waals surface area contributed by atoms with Crippen LogP contribution in [0.5, 0.6) is 0 Å². The number of benzene rings is 1. The van der Waals surface area contributed by atoms with Gasteiger partial charge in [0.2, 0.25) is 5.91 Å². The molecule has 3 amide bonds. The number of carbonyl (C=O) groups is 2. The number of likely N-dealkylation sites (N-methyl/N-ethyl adjacent to an activating group) is 1. The first-order valence-electron chi connectivity index (χ1n) is 6.55. The van der Waals surface area contributed by atoms with E-state index in [-0.39, 0.29) is 24.0 Å². The molecule has 1 aromatic rings. The van der Waals surface area contributed by atoms with Crippen molar-refractivity contribution in [1.82, 2.24) is 10.2 Å². The molecule has 2 N–H and O–H groups in total. The van der Waals surface area contributed by atoms with Crippen molar-refractivity contribution in [2.75, 3.05) is 25.0 Å². The van der Waals surface area contributed by atoms with Crippen molar-refractivity contribution >= 4 is 23.3 Å². The van der Waals surface area contributed by atoms with Crippen LogP contribution < -0.4 is 10.6 Å². The monoisotopic (exact) mass is 294 g/mol. The maximum atomic E-state index is 11.9. The number of hydrogen-bond acceptors (Lipinski definition) is 4. The molecule has 0 aliphatic rings. The summed E-state index contributed by atoms with van der Waals surface area (Å²) in [7, 11) is 0. The minimum atomic E-state index is -0.572. The summed E-state index contributed by atoms with van der Waals surface area (Å²) in [6.45, 7) is 4.16. The lowest BCUT2D eigenvalue weighted by Crippen LogP contribution is -2.43. The SMILES string of the molecule is CCNC(=O)N(CC)CC(=O)Nc1ccccc1[N+](=O)[O-]. The number of nitro benzene ring substituents is 1. The number of para-hydroxylation sites is 2. The molecule has 0 atom stereocenters. The van der Waals surface area contributed by atoms with Crippen molar-refractivity contribution in [2.45, 2.75) is 13.8 Å². The van der Waals surface area contributed by atoms with Crippen molar-refractivity contribution in [2.24, 2.45) is 0 Å². The largest absolute Gasteiger partial charge is 0.338 e. The maximum absolute atomic E-state index is 11.9. The van der Waals surface area contributed by atoms with Gasteiger partial charge in [-0.3, -0.25) is 14.9 Å². The van der Waals surface area contributed by atoms with Gasteiger partial charge in [0.1, 0.15) is 12.2 Å². The van der Waals surface area contributed by atoms with Crippen LogP contribution in [0.4, 0.5) is 16.2 Å². The zero-order valence-corrected chi connectivity index (χ0v) is 12.0. The minimum Gasteiger partial charge on any atom is -0.338 e. The molecule has 0 radical (unpaired) electrons. The van der Waals surface area contributed by atoms with Crippen LogP contribution in [0.25, 0.3) is 0 Å². The van der Waals surface area contributed by atoms with Crippen LogP contribution in [0.2, 0.25) is 0 Å². The number of amides is 3. The van der Waals surface area contributed by atoms with Gasteiger partial charge in [0, 0.05) is 19.2 Å². The Kier molecular flexibility index (Phi) is 6.12. The third kappa shape index (κ3) is 4.75. The Labute approximate surface area is 122 Å². The minimum absolute atomic E-state index is 0.111. The molecule has 8 nitrogen and oxygen atoms in total. The lowest BCUT2D eigenvalue weighted by atomic mass is 10.2. The van der Waals surface area contributed by atoms with Gasteiger partial charge in [0.15, 0.2) is 0 Å². The fourth-order valence-electron chi connectivity index (χ4n) is 1.69. The van der Waals surface area contributed by atoms with E-state index < -0.39 is 10.8 Å². The molecule has 21 heavy (non-hydrogen) atoms. The van der Waals surface area contributed by atoms with Gasteiger partial charge in [0.05, 0.1) is 4.92 Å². The molecule has 0 heterocycles. The van der Waals surface area contributed by atoms with Crippen molar-refractivity contribution in [3.63, 3.8) is 0 Å². The Hall–Kier alpha value is -2.64. The van der Waals surface area contributed by atoms with Crippen LogP contribution in [0.1, 0.15) is 13.8 Å². The van der Waals surface area contributed by atoms with E-state index in [9.17, 15) is 19.7 Å². The third-order valence-corrected chi connectivity index (χ3v) is 2.71. The topological polar surface area (TPSA) is 105 Å². The van der Waals surface area contributed by atoms with Crippen molar-refractivity contribution in [1.29, 1.82) is 0 Å². The number of nitro groups is 1. The van der Waals surface area contributed by atoms with Crippen molar-refractivity contribution in [3.8, 4) is 0 Å². The maximum Gasteiger partial charge on any atom is 0.317 e. The molecule has 0 saturated heterocycles. The second-order valence-electron chi connectivity index (χ2n) is 4.17. The van der Waals surface area contributed by atoms with Gasteiger partial charge in [-0.1, -0.05) is 12.1 Å². The summed E-state index contributed by atoms with van der Waals surface area (Å²) < 4.78 is 0. The number of rotatable bonds is 6. The first kappa shape index (κ1) is 16.4. The number of hydrogen-bond donors (Lipinski definition) is 2. The fraction of sp³-hybridized carbons (Fsp3) is 0.385. The number of nitrogens with zero attached hydrogens (tertiary/aromatic N) is 2. The predicted molar refractivity (Wildman–Crippen MR) is 78.0 cm³/mol. The first-order valence-corrected chi connectivity index (χ1v) is 6.55. The van der Waals surface area contributed by atoms with Crippen LogP contribution in [-0.2, 0) is 4.79 Å². The number of carbonyl (C=O) groups excluding carboxylic acids is 2. The molecule has 0 saturated carbocycles. The molecular weight excluding hydrogens is 276 g/mol. The smallest absolute Gasteiger partial charge is 0.317 e. The quantitative estimate of drug-likeness (QED) is 0.614. The Morgan fingerprint density at radius 2 is 1.95 bits per heavy atom. The molecule has 0 aliphatic heterocycles. The van der Waals surface area contributed by atoms with Gasteiger partial charge < -0.3 is 15.5 Å². The Balaban J connectivity index is 2.73. The molecule has 0 spiro atoms. The zero-order chi connectivity index (χ0) is 15.8. The molecule has 1 aromatic carbocycles. The normalized spacial score (nSPS) is 9.81. The highest BCUT2D eigenvalue weighted by atomic mass is 16.6. The summed E-state index contributed by atoms with van der Waals surface area (Å²) in [5.74, 6) is -0.489. The van der Waals surface area contributed by atoms with Gasteiger partial charge in [0.25, 0.3) is 5.69 Å². The van der Waals surface area contributed by atoms with Crippen LogP contribution in [0.3, 0.4) is 0 Å². The van der Waals surface area contributed by atoms with Gasteiger partial charge in [-0.15, -0.1) is 0 Å². The summed E-state index contributed by atoms with van der Waals surface area (Å²) in [5.41, 5.74) is -0.0774. The Morgan fingerprint density at radius 1 is 1.29 bits per heavy atom. The Bertz CT molecular complexity index is 533. The van der Waals surface area contributed by atoms with E-state index in [2.05, 4.69) is 10.6 Å². The molecule has 0 unspecified atom stereocenters. The number of urea groups is 1. The molecule has 114 valence electrons. The van der Waals surface area contributed by atoms with Gasteiger partial charge in [-0.05, 0) is 19.9 Å². The van der Waals surface area contributed by atoms with Gasteiger partial charge in [-0.2, -0.15) is 0 Å².